The molecule has 0 fully saturated rings. The average molecular weight is 297 g/mol. The molecule has 3 N–H and O–H groups in total. The maximum absolute atomic E-state index is 11.7. The molecule has 0 atom stereocenters. The van der Waals surface area contributed by atoms with E-state index in [4.69, 9.17) is 16.7 Å². The second kappa shape index (κ2) is 5.53. The van der Waals surface area contributed by atoms with Gasteiger partial charge in [0.2, 0.25) is 0 Å². The smallest absolute Gasteiger partial charge is 0.337 e. The monoisotopic (exact) mass is 296 g/mol. The minimum absolute atomic E-state index is 0.00385. The summed E-state index contributed by atoms with van der Waals surface area (Å²) in [5, 5.41) is 24.8. The molecule has 0 unspecified atom stereocenters. The van der Waals surface area contributed by atoms with E-state index in [1.54, 1.807) is 0 Å². The van der Waals surface area contributed by atoms with E-state index in [0.29, 0.717) is 0 Å². The summed E-state index contributed by atoms with van der Waals surface area (Å²) in [6.45, 7) is 0. The summed E-state index contributed by atoms with van der Waals surface area (Å²) in [6.07, 6.45) is 0. The molecule has 0 saturated heterocycles. The summed E-state index contributed by atoms with van der Waals surface area (Å²) >= 11 is 5.71. The largest absolute Gasteiger partial charge is 0.478 e. The summed E-state index contributed by atoms with van der Waals surface area (Å²) in [4.78, 5) is 23.9. The summed E-state index contributed by atoms with van der Waals surface area (Å²) in [7, 11) is 1.54. The normalized spacial score (nSPS) is 10.1. The molecular weight excluding hydrogens is 288 g/mol. The number of rotatable bonds is 3. The number of aromatic carboxylic acids is 1. The number of urea groups is 1. The molecule has 0 aliphatic rings. The third-order valence-electron chi connectivity index (χ3n) is 2.19. The van der Waals surface area contributed by atoms with Crippen LogP contribution in [0.15, 0.2) is 18.2 Å². The number of nitrogens with zero attached hydrogens (tertiary/aromatic N) is 4. The molecule has 2 aromatic rings. The zero-order valence-electron chi connectivity index (χ0n) is 10.2. The minimum Gasteiger partial charge on any atom is -0.478 e. The highest BCUT2D eigenvalue weighted by atomic mass is 35.5. The highest BCUT2D eigenvalue weighted by molar-refractivity contribution is 6.31. The summed E-state index contributed by atoms with van der Waals surface area (Å²) < 4.78 is 0. The van der Waals surface area contributed by atoms with Crippen molar-refractivity contribution in [3.63, 3.8) is 0 Å². The van der Waals surface area contributed by atoms with Crippen molar-refractivity contribution in [2.75, 3.05) is 10.6 Å². The Balaban J connectivity index is 2.13. The van der Waals surface area contributed by atoms with Crippen LogP contribution < -0.4 is 10.6 Å². The van der Waals surface area contributed by atoms with Gasteiger partial charge in [-0.1, -0.05) is 16.7 Å². The first kappa shape index (κ1) is 13.7. The quantitative estimate of drug-likeness (QED) is 0.782. The summed E-state index contributed by atoms with van der Waals surface area (Å²) in [5.74, 6) is -1.21. The fourth-order valence-electron chi connectivity index (χ4n) is 1.39. The molecule has 0 saturated carbocycles. The number of amides is 2. The lowest BCUT2D eigenvalue weighted by Gasteiger charge is -2.08. The topological polar surface area (TPSA) is 122 Å². The van der Waals surface area contributed by atoms with Crippen LogP contribution in [-0.4, -0.2) is 37.3 Å². The third-order valence-corrected chi connectivity index (χ3v) is 2.43. The van der Waals surface area contributed by atoms with Gasteiger partial charge in [0.25, 0.3) is 5.95 Å². The number of nitrogens with one attached hydrogen (secondary N) is 2. The first-order valence-electron chi connectivity index (χ1n) is 5.30. The van der Waals surface area contributed by atoms with Crippen molar-refractivity contribution in [2.24, 2.45) is 7.05 Å². The number of carboxylic acids is 1. The first-order valence-corrected chi connectivity index (χ1v) is 5.68. The Kier molecular flexibility index (Phi) is 3.80. The lowest BCUT2D eigenvalue weighted by molar-refractivity contribution is 0.0698. The van der Waals surface area contributed by atoms with E-state index in [9.17, 15) is 9.59 Å². The number of benzene rings is 1. The van der Waals surface area contributed by atoms with Gasteiger partial charge in [0.1, 0.15) is 0 Å². The van der Waals surface area contributed by atoms with Crippen LogP contribution in [0.4, 0.5) is 16.4 Å². The lowest BCUT2D eigenvalue weighted by Crippen LogP contribution is -2.21. The lowest BCUT2D eigenvalue weighted by atomic mass is 10.2. The van der Waals surface area contributed by atoms with Crippen LogP contribution in [0, 0.1) is 0 Å². The van der Waals surface area contributed by atoms with Gasteiger partial charge in [-0.15, -0.1) is 5.10 Å². The van der Waals surface area contributed by atoms with Gasteiger partial charge < -0.3 is 10.4 Å². The van der Waals surface area contributed by atoms with Crippen LogP contribution in [0.5, 0.6) is 0 Å². The Morgan fingerprint density at radius 3 is 2.70 bits per heavy atom. The molecule has 2 amide bonds. The number of carboxylic acid groups (broad SMARTS) is 1. The van der Waals surface area contributed by atoms with E-state index in [1.807, 2.05) is 0 Å². The second-order valence-corrected chi connectivity index (χ2v) is 4.11. The minimum atomic E-state index is -1.21. The zero-order chi connectivity index (χ0) is 14.7. The number of carbonyl (C=O) groups is 2. The van der Waals surface area contributed by atoms with Crippen molar-refractivity contribution in [2.45, 2.75) is 0 Å². The fraction of sp³-hybridized carbons (Fsp3) is 0.100. The number of hydrogen-bond acceptors (Lipinski definition) is 5. The van der Waals surface area contributed by atoms with E-state index in [2.05, 4.69) is 26.0 Å². The molecule has 1 aromatic heterocycles. The van der Waals surface area contributed by atoms with Crippen molar-refractivity contribution >= 4 is 35.2 Å². The Hall–Kier alpha value is -2.68. The van der Waals surface area contributed by atoms with Crippen molar-refractivity contribution in [1.29, 1.82) is 0 Å². The van der Waals surface area contributed by atoms with E-state index in [-0.39, 0.29) is 22.2 Å². The molecular formula is C10H9ClN6O3. The van der Waals surface area contributed by atoms with E-state index in [1.165, 1.54) is 30.0 Å². The van der Waals surface area contributed by atoms with Crippen LogP contribution >= 0.6 is 11.6 Å². The molecule has 10 heteroatoms. The van der Waals surface area contributed by atoms with Crippen LogP contribution in [-0.2, 0) is 7.05 Å². The Morgan fingerprint density at radius 2 is 2.10 bits per heavy atom. The molecule has 9 nitrogen and oxygen atoms in total. The molecule has 0 aliphatic carbocycles. The number of aromatic nitrogens is 4. The van der Waals surface area contributed by atoms with Gasteiger partial charge in [-0.05, 0) is 23.4 Å². The van der Waals surface area contributed by atoms with Gasteiger partial charge >= 0.3 is 12.0 Å². The maximum atomic E-state index is 11.7. The van der Waals surface area contributed by atoms with Gasteiger partial charge in [0, 0.05) is 5.02 Å². The number of anilines is 2. The van der Waals surface area contributed by atoms with Gasteiger partial charge in [0.05, 0.1) is 18.3 Å². The van der Waals surface area contributed by atoms with E-state index >= 15 is 0 Å². The second-order valence-electron chi connectivity index (χ2n) is 3.68. The first-order chi connectivity index (χ1) is 9.45. The number of hydrogen-bond donors (Lipinski definition) is 3. The highest BCUT2D eigenvalue weighted by Gasteiger charge is 2.14. The van der Waals surface area contributed by atoms with Crippen molar-refractivity contribution in [3.05, 3.63) is 28.8 Å². The van der Waals surface area contributed by atoms with Gasteiger partial charge in [-0.3, -0.25) is 5.32 Å². The molecule has 0 aliphatic heterocycles. The average Bonchev–Trinajstić information content (AvgIpc) is 2.76. The SMILES string of the molecule is Cn1nnc(NC(=O)Nc2ccc(Cl)cc2C(=O)O)n1. The fourth-order valence-corrected chi connectivity index (χ4v) is 1.56. The van der Waals surface area contributed by atoms with Crippen molar-refractivity contribution in [1.82, 2.24) is 20.2 Å². The predicted octanol–water partition coefficient (Wildman–Crippen LogP) is 1.21. The van der Waals surface area contributed by atoms with Gasteiger partial charge in [-0.2, -0.15) is 4.80 Å². The summed E-state index contributed by atoms with van der Waals surface area (Å²) in [5.41, 5.74) is -0.0250. The molecule has 1 aromatic carbocycles. The number of halogens is 1. The molecule has 2 rings (SSSR count). The summed E-state index contributed by atoms with van der Waals surface area (Å²) in [6, 6.07) is 3.39. The Bertz CT molecular complexity index is 671. The molecule has 0 radical (unpaired) electrons. The molecule has 20 heavy (non-hydrogen) atoms. The standard InChI is InChI=1S/C10H9ClN6O3/c1-17-15-9(14-16-17)13-10(20)12-7-3-2-5(11)4-6(7)8(18)19/h2-4H,1H3,(H,18,19)(H2,12,13,15,20). The number of tetrazole rings is 1. The highest BCUT2D eigenvalue weighted by Crippen LogP contribution is 2.20. The number of aryl methyl sites for hydroxylation is 1. The van der Waals surface area contributed by atoms with Crippen molar-refractivity contribution in [3.8, 4) is 0 Å². The maximum Gasteiger partial charge on any atom is 0.337 e. The van der Waals surface area contributed by atoms with E-state index in [0.717, 1.165) is 0 Å². The Labute approximate surface area is 117 Å². The Morgan fingerprint density at radius 1 is 1.35 bits per heavy atom. The van der Waals surface area contributed by atoms with Gasteiger partial charge in [-0.25, -0.2) is 9.59 Å². The predicted molar refractivity (Wildman–Crippen MR) is 69.9 cm³/mol. The molecule has 1 heterocycles. The molecule has 0 spiro atoms. The van der Waals surface area contributed by atoms with Crippen LogP contribution in [0.2, 0.25) is 5.02 Å². The van der Waals surface area contributed by atoms with Crippen LogP contribution in [0.3, 0.4) is 0 Å². The van der Waals surface area contributed by atoms with Crippen LogP contribution in [0.1, 0.15) is 10.4 Å². The van der Waals surface area contributed by atoms with E-state index < -0.39 is 12.0 Å². The van der Waals surface area contributed by atoms with Crippen LogP contribution in [0.25, 0.3) is 0 Å². The van der Waals surface area contributed by atoms with Crippen molar-refractivity contribution < 1.29 is 14.7 Å². The third kappa shape index (κ3) is 3.20. The van der Waals surface area contributed by atoms with Gasteiger partial charge in [0.15, 0.2) is 0 Å². The molecule has 104 valence electrons. The molecule has 0 bridgehead atoms. The zero-order valence-corrected chi connectivity index (χ0v) is 10.9. The number of carbonyl (C=O) groups excluding carboxylic acids is 1.